The standard InChI is InChI=1S/C12H25N3O/c1-12(2,9-15(3)4)8-14-11(16)10-6-5-7-13-10/h10,13H,5-9H2,1-4H3,(H,14,16). The maximum atomic E-state index is 11.8. The Balaban J connectivity index is 2.29. The molecule has 1 unspecified atom stereocenters. The number of nitrogens with zero attached hydrogens (tertiary/aromatic N) is 1. The highest BCUT2D eigenvalue weighted by molar-refractivity contribution is 5.82. The third kappa shape index (κ3) is 4.49. The van der Waals surface area contributed by atoms with Crippen molar-refractivity contribution in [3.05, 3.63) is 0 Å². The second kappa shape index (κ2) is 5.64. The van der Waals surface area contributed by atoms with Crippen molar-refractivity contribution >= 4 is 5.91 Å². The zero-order chi connectivity index (χ0) is 12.2. The predicted octanol–water partition coefficient (Wildman–Crippen LogP) is 0.442. The Hall–Kier alpha value is -0.610. The van der Waals surface area contributed by atoms with Crippen LogP contribution in [0, 0.1) is 5.41 Å². The third-order valence-electron chi connectivity index (χ3n) is 2.86. The Morgan fingerprint density at radius 1 is 1.50 bits per heavy atom. The minimum atomic E-state index is 0.0372. The van der Waals surface area contributed by atoms with E-state index in [2.05, 4.69) is 43.5 Å². The van der Waals surface area contributed by atoms with Crippen LogP contribution in [0.25, 0.3) is 0 Å². The second-order valence-corrected chi connectivity index (χ2v) is 5.77. The Morgan fingerprint density at radius 3 is 2.69 bits per heavy atom. The maximum absolute atomic E-state index is 11.8. The molecule has 16 heavy (non-hydrogen) atoms. The normalized spacial score (nSPS) is 21.4. The fourth-order valence-corrected chi connectivity index (χ4v) is 2.27. The molecule has 1 aliphatic heterocycles. The van der Waals surface area contributed by atoms with Gasteiger partial charge in [-0.05, 0) is 38.9 Å². The molecule has 0 saturated carbocycles. The zero-order valence-corrected chi connectivity index (χ0v) is 11.0. The topological polar surface area (TPSA) is 44.4 Å². The van der Waals surface area contributed by atoms with Gasteiger partial charge < -0.3 is 15.5 Å². The van der Waals surface area contributed by atoms with Crippen LogP contribution in [0.2, 0.25) is 0 Å². The lowest BCUT2D eigenvalue weighted by atomic mass is 9.93. The van der Waals surface area contributed by atoms with Crippen molar-refractivity contribution in [1.29, 1.82) is 0 Å². The van der Waals surface area contributed by atoms with Gasteiger partial charge in [-0.15, -0.1) is 0 Å². The number of hydrogen-bond donors (Lipinski definition) is 2. The van der Waals surface area contributed by atoms with Gasteiger partial charge in [0.25, 0.3) is 0 Å². The summed E-state index contributed by atoms with van der Waals surface area (Å²) in [6.45, 7) is 7.04. The molecule has 2 N–H and O–H groups in total. The number of amides is 1. The van der Waals surface area contributed by atoms with Crippen molar-refractivity contribution < 1.29 is 4.79 Å². The molecule has 94 valence electrons. The number of nitrogens with one attached hydrogen (secondary N) is 2. The van der Waals surface area contributed by atoms with Crippen molar-refractivity contribution in [3.63, 3.8) is 0 Å². The van der Waals surface area contributed by atoms with Crippen molar-refractivity contribution in [2.45, 2.75) is 32.7 Å². The zero-order valence-electron chi connectivity index (χ0n) is 11.0. The first-order valence-electron chi connectivity index (χ1n) is 6.06. The summed E-state index contributed by atoms with van der Waals surface area (Å²) in [5, 5.41) is 6.25. The summed E-state index contributed by atoms with van der Waals surface area (Å²) in [6.07, 6.45) is 2.08. The number of hydrogen-bond acceptors (Lipinski definition) is 3. The monoisotopic (exact) mass is 227 g/mol. The fourth-order valence-electron chi connectivity index (χ4n) is 2.27. The molecule has 0 spiro atoms. The molecule has 4 nitrogen and oxygen atoms in total. The second-order valence-electron chi connectivity index (χ2n) is 5.77. The van der Waals surface area contributed by atoms with Gasteiger partial charge in [-0.25, -0.2) is 0 Å². The Morgan fingerprint density at radius 2 is 2.19 bits per heavy atom. The molecule has 1 saturated heterocycles. The minimum absolute atomic E-state index is 0.0372. The quantitative estimate of drug-likeness (QED) is 0.716. The summed E-state index contributed by atoms with van der Waals surface area (Å²) in [5.74, 6) is 0.157. The van der Waals surface area contributed by atoms with Gasteiger partial charge in [-0.1, -0.05) is 13.8 Å². The van der Waals surface area contributed by atoms with Crippen LogP contribution in [0.5, 0.6) is 0 Å². The molecule has 0 aromatic carbocycles. The van der Waals surface area contributed by atoms with Gasteiger partial charge in [-0.2, -0.15) is 0 Å². The van der Waals surface area contributed by atoms with E-state index in [9.17, 15) is 4.79 Å². The molecule has 1 aliphatic rings. The van der Waals surface area contributed by atoms with E-state index in [0.717, 1.165) is 32.5 Å². The van der Waals surface area contributed by atoms with Gasteiger partial charge in [0.15, 0.2) is 0 Å². The molecule has 0 aromatic rings. The summed E-state index contributed by atoms with van der Waals surface area (Å²) < 4.78 is 0. The lowest BCUT2D eigenvalue weighted by molar-refractivity contribution is -0.123. The smallest absolute Gasteiger partial charge is 0.237 e. The summed E-state index contributed by atoms with van der Waals surface area (Å²) in [6, 6.07) is 0.0372. The van der Waals surface area contributed by atoms with E-state index in [-0.39, 0.29) is 17.4 Å². The largest absolute Gasteiger partial charge is 0.354 e. The van der Waals surface area contributed by atoms with Crippen LogP contribution in [0.3, 0.4) is 0 Å². The number of carbonyl (C=O) groups is 1. The van der Waals surface area contributed by atoms with Gasteiger partial charge in [0.2, 0.25) is 5.91 Å². The van der Waals surface area contributed by atoms with Gasteiger partial charge in [0.1, 0.15) is 0 Å². The molecule has 1 heterocycles. The average Bonchev–Trinajstić information content (AvgIpc) is 2.64. The number of rotatable bonds is 5. The van der Waals surface area contributed by atoms with Crippen LogP contribution in [0.4, 0.5) is 0 Å². The highest BCUT2D eigenvalue weighted by Gasteiger charge is 2.25. The van der Waals surface area contributed by atoms with E-state index in [1.165, 1.54) is 0 Å². The summed E-state index contributed by atoms with van der Waals surface area (Å²) >= 11 is 0. The van der Waals surface area contributed by atoms with Crippen LogP contribution >= 0.6 is 0 Å². The van der Waals surface area contributed by atoms with Crippen LogP contribution in [-0.4, -0.2) is 50.6 Å². The van der Waals surface area contributed by atoms with Crippen molar-refractivity contribution in [1.82, 2.24) is 15.5 Å². The van der Waals surface area contributed by atoms with Crippen LogP contribution < -0.4 is 10.6 Å². The molecular weight excluding hydrogens is 202 g/mol. The Kier molecular flexibility index (Phi) is 4.74. The number of carbonyl (C=O) groups excluding carboxylic acids is 1. The molecule has 0 radical (unpaired) electrons. The van der Waals surface area contributed by atoms with Crippen molar-refractivity contribution in [3.8, 4) is 0 Å². The first-order chi connectivity index (χ1) is 7.41. The van der Waals surface area contributed by atoms with Gasteiger partial charge in [-0.3, -0.25) is 4.79 Å². The average molecular weight is 227 g/mol. The maximum Gasteiger partial charge on any atom is 0.237 e. The van der Waals surface area contributed by atoms with E-state index in [1.54, 1.807) is 0 Å². The Labute approximate surface area is 98.8 Å². The van der Waals surface area contributed by atoms with Crippen molar-refractivity contribution in [2.24, 2.45) is 5.41 Å². The molecule has 0 bridgehead atoms. The van der Waals surface area contributed by atoms with E-state index < -0.39 is 0 Å². The van der Waals surface area contributed by atoms with E-state index in [4.69, 9.17) is 0 Å². The molecule has 1 rings (SSSR count). The van der Waals surface area contributed by atoms with E-state index >= 15 is 0 Å². The van der Waals surface area contributed by atoms with E-state index in [0.29, 0.717) is 0 Å². The highest BCUT2D eigenvalue weighted by Crippen LogP contribution is 2.14. The summed E-state index contributed by atoms with van der Waals surface area (Å²) in [5.41, 5.74) is 0.123. The molecule has 4 heteroatoms. The Bertz CT molecular complexity index is 232. The predicted molar refractivity (Wildman–Crippen MR) is 66.4 cm³/mol. The fraction of sp³-hybridized carbons (Fsp3) is 0.917. The van der Waals surface area contributed by atoms with Gasteiger partial charge in [0, 0.05) is 13.1 Å². The minimum Gasteiger partial charge on any atom is -0.354 e. The van der Waals surface area contributed by atoms with Crippen LogP contribution in [-0.2, 0) is 4.79 Å². The van der Waals surface area contributed by atoms with E-state index in [1.807, 2.05) is 0 Å². The molecule has 1 amide bonds. The lowest BCUT2D eigenvalue weighted by Crippen LogP contribution is -2.46. The molecule has 1 atom stereocenters. The van der Waals surface area contributed by atoms with Gasteiger partial charge >= 0.3 is 0 Å². The highest BCUT2D eigenvalue weighted by atomic mass is 16.2. The molecular formula is C12H25N3O. The summed E-state index contributed by atoms with van der Waals surface area (Å²) in [7, 11) is 4.12. The molecule has 0 aromatic heterocycles. The first kappa shape index (κ1) is 13.5. The van der Waals surface area contributed by atoms with Crippen LogP contribution in [0.15, 0.2) is 0 Å². The first-order valence-corrected chi connectivity index (χ1v) is 6.06. The lowest BCUT2D eigenvalue weighted by Gasteiger charge is -2.29. The van der Waals surface area contributed by atoms with Gasteiger partial charge in [0.05, 0.1) is 6.04 Å². The SMILES string of the molecule is CN(C)CC(C)(C)CNC(=O)C1CCCN1. The van der Waals surface area contributed by atoms with Crippen molar-refractivity contribution in [2.75, 3.05) is 33.7 Å². The molecule has 1 fully saturated rings. The summed E-state index contributed by atoms with van der Waals surface area (Å²) in [4.78, 5) is 13.9. The molecule has 0 aliphatic carbocycles. The van der Waals surface area contributed by atoms with Crippen LogP contribution in [0.1, 0.15) is 26.7 Å². The third-order valence-corrected chi connectivity index (χ3v) is 2.86.